The van der Waals surface area contributed by atoms with Crippen LogP contribution in [0.5, 0.6) is 11.5 Å². The van der Waals surface area contributed by atoms with Crippen LogP contribution in [0.3, 0.4) is 0 Å². The first-order chi connectivity index (χ1) is 19.2. The van der Waals surface area contributed by atoms with Crippen molar-refractivity contribution in [2.24, 2.45) is 0 Å². The number of amides is 3. The normalized spacial score (nSPS) is 17.8. The minimum atomic E-state index is -4.70. The van der Waals surface area contributed by atoms with Crippen molar-refractivity contribution >= 4 is 50.3 Å². The number of carbonyl (C=O) groups excluding carboxylic acids is 2. The third-order valence-electron chi connectivity index (χ3n) is 7.04. The van der Waals surface area contributed by atoms with E-state index in [9.17, 15) is 32.7 Å². The second-order valence-corrected chi connectivity index (χ2v) is 10.5. The number of nitrogens with one attached hydrogen (secondary N) is 1. The summed E-state index contributed by atoms with van der Waals surface area (Å²) in [6.07, 6.45) is -7.07. The molecule has 0 saturated heterocycles. The summed E-state index contributed by atoms with van der Waals surface area (Å²) in [5.41, 5.74) is -0.605. The molecule has 0 spiro atoms. The molecule has 1 aliphatic heterocycles. The van der Waals surface area contributed by atoms with Gasteiger partial charge in [0.25, 0.3) is 5.91 Å². The monoisotopic (exact) mass is 637 g/mol. The van der Waals surface area contributed by atoms with E-state index in [1.165, 1.54) is 28.0 Å². The van der Waals surface area contributed by atoms with Gasteiger partial charge < -0.3 is 24.8 Å². The minimum absolute atomic E-state index is 0.00764. The van der Waals surface area contributed by atoms with Crippen molar-refractivity contribution in [3.63, 3.8) is 0 Å². The zero-order valence-electron chi connectivity index (χ0n) is 22.5. The third-order valence-corrected chi connectivity index (χ3v) is 7.53. The highest BCUT2D eigenvalue weighted by atomic mass is 79.9. The number of alkyl halides is 3. The van der Waals surface area contributed by atoms with Crippen molar-refractivity contribution in [1.29, 1.82) is 0 Å². The minimum Gasteiger partial charge on any atom is -0.496 e. The maximum absolute atomic E-state index is 14.1. The Labute approximate surface area is 241 Å². The standard InChI is InChI=1S/C28H27BrF3N3O6/c1-14(34(3)27(38)39)25(36)33-24-15(2)41-23-10-6-17(28(30,31)32)12-21(23)35(26(24)37)13-20-19-8-7-18(29)11-16(19)5-9-22(20)40-4/h5-12,14-15,24H,13H2,1-4H3,(H,33,36)(H,38,39)/t14?,15-,24-/m0/s1. The van der Waals surface area contributed by atoms with Crippen LogP contribution in [0, 0.1) is 0 Å². The van der Waals surface area contributed by atoms with Gasteiger partial charge in [-0.2, -0.15) is 13.2 Å². The van der Waals surface area contributed by atoms with Crippen LogP contribution in [0.1, 0.15) is 25.0 Å². The van der Waals surface area contributed by atoms with Crippen molar-refractivity contribution < 1.29 is 42.1 Å². The first-order valence-corrected chi connectivity index (χ1v) is 13.2. The van der Waals surface area contributed by atoms with Crippen molar-refractivity contribution in [2.45, 2.75) is 44.8 Å². The van der Waals surface area contributed by atoms with Gasteiger partial charge in [0, 0.05) is 17.1 Å². The number of benzene rings is 3. The van der Waals surface area contributed by atoms with Gasteiger partial charge in [-0.15, -0.1) is 0 Å². The van der Waals surface area contributed by atoms with E-state index in [1.54, 1.807) is 18.2 Å². The van der Waals surface area contributed by atoms with Gasteiger partial charge >= 0.3 is 12.3 Å². The van der Waals surface area contributed by atoms with Crippen molar-refractivity contribution in [1.82, 2.24) is 10.2 Å². The van der Waals surface area contributed by atoms with Crippen LogP contribution >= 0.6 is 15.9 Å². The lowest BCUT2D eigenvalue weighted by Gasteiger charge is -2.29. The van der Waals surface area contributed by atoms with Crippen LogP contribution in [0.4, 0.5) is 23.7 Å². The van der Waals surface area contributed by atoms with E-state index in [1.807, 2.05) is 12.1 Å². The van der Waals surface area contributed by atoms with Crippen LogP contribution in [0.2, 0.25) is 0 Å². The highest BCUT2D eigenvalue weighted by Crippen LogP contribution is 2.41. The molecule has 1 aliphatic rings. The predicted octanol–water partition coefficient (Wildman–Crippen LogP) is 5.43. The Morgan fingerprint density at radius 2 is 1.90 bits per heavy atom. The van der Waals surface area contributed by atoms with Crippen LogP contribution < -0.4 is 19.7 Å². The molecule has 1 unspecified atom stereocenters. The molecular formula is C28H27BrF3N3O6. The molecule has 41 heavy (non-hydrogen) atoms. The second-order valence-electron chi connectivity index (χ2n) is 9.60. The smallest absolute Gasteiger partial charge is 0.416 e. The van der Waals surface area contributed by atoms with E-state index in [-0.39, 0.29) is 18.0 Å². The van der Waals surface area contributed by atoms with Gasteiger partial charge in [-0.25, -0.2) is 4.79 Å². The Morgan fingerprint density at radius 1 is 1.20 bits per heavy atom. The average molecular weight is 638 g/mol. The summed E-state index contributed by atoms with van der Waals surface area (Å²) < 4.78 is 53.5. The zero-order valence-corrected chi connectivity index (χ0v) is 24.0. The quantitative estimate of drug-likeness (QED) is 0.373. The number of fused-ring (bicyclic) bond motifs is 2. The first-order valence-electron chi connectivity index (χ1n) is 12.4. The highest BCUT2D eigenvalue weighted by Gasteiger charge is 2.41. The molecule has 0 bridgehead atoms. The lowest BCUT2D eigenvalue weighted by molar-refractivity contribution is -0.137. The van der Waals surface area contributed by atoms with Gasteiger partial charge in [0.05, 0.1) is 24.9 Å². The van der Waals surface area contributed by atoms with Crippen LogP contribution in [0.15, 0.2) is 53.0 Å². The summed E-state index contributed by atoms with van der Waals surface area (Å²) in [6, 6.07) is 9.26. The van der Waals surface area contributed by atoms with Gasteiger partial charge in [-0.3, -0.25) is 14.5 Å². The number of hydrogen-bond donors (Lipinski definition) is 2. The largest absolute Gasteiger partial charge is 0.496 e. The molecule has 0 fully saturated rings. The first kappa shape index (κ1) is 30.0. The van der Waals surface area contributed by atoms with Crippen molar-refractivity contribution in [2.75, 3.05) is 19.1 Å². The van der Waals surface area contributed by atoms with Crippen molar-refractivity contribution in [3.8, 4) is 11.5 Å². The fraction of sp³-hybridized carbons (Fsp3) is 0.321. The maximum atomic E-state index is 14.1. The van der Waals surface area contributed by atoms with Gasteiger partial charge in [0.2, 0.25) is 5.91 Å². The van der Waals surface area contributed by atoms with E-state index < -0.39 is 47.8 Å². The zero-order chi connectivity index (χ0) is 30.2. The number of carboxylic acid groups (broad SMARTS) is 1. The summed E-state index contributed by atoms with van der Waals surface area (Å²) in [6.45, 7) is 2.62. The van der Waals surface area contributed by atoms with E-state index in [0.29, 0.717) is 16.7 Å². The number of methoxy groups -OCH3 is 1. The molecule has 0 radical (unpaired) electrons. The lowest BCUT2D eigenvalue weighted by atomic mass is 10.0. The van der Waals surface area contributed by atoms with Crippen LogP contribution in [0.25, 0.3) is 10.8 Å². The molecule has 3 aromatic rings. The Morgan fingerprint density at radius 3 is 2.54 bits per heavy atom. The fourth-order valence-electron chi connectivity index (χ4n) is 4.58. The number of carbonyl (C=O) groups is 3. The Kier molecular flexibility index (Phi) is 8.39. The summed E-state index contributed by atoms with van der Waals surface area (Å²) in [7, 11) is 2.64. The molecule has 1 heterocycles. The topological polar surface area (TPSA) is 108 Å². The summed E-state index contributed by atoms with van der Waals surface area (Å²) >= 11 is 3.43. The molecule has 9 nitrogen and oxygen atoms in total. The molecule has 2 N–H and O–H groups in total. The Balaban J connectivity index is 1.85. The molecule has 3 aromatic carbocycles. The number of hydrogen-bond acceptors (Lipinski definition) is 5. The highest BCUT2D eigenvalue weighted by molar-refractivity contribution is 9.10. The predicted molar refractivity (Wildman–Crippen MR) is 148 cm³/mol. The molecule has 3 amide bonds. The molecule has 0 aromatic heterocycles. The number of nitrogens with zero attached hydrogens (tertiary/aromatic N) is 2. The van der Waals surface area contributed by atoms with Gasteiger partial charge in [-0.1, -0.05) is 28.1 Å². The number of ether oxygens (including phenoxy) is 2. The van der Waals surface area contributed by atoms with E-state index in [4.69, 9.17) is 9.47 Å². The summed E-state index contributed by atoms with van der Waals surface area (Å²) in [5.74, 6) is -1.12. The van der Waals surface area contributed by atoms with Gasteiger partial charge in [0.15, 0.2) is 0 Å². The molecule has 0 saturated carbocycles. The van der Waals surface area contributed by atoms with Crippen LogP contribution in [-0.4, -0.2) is 60.3 Å². The Hall–Kier alpha value is -4.00. The number of rotatable bonds is 6. The van der Waals surface area contributed by atoms with E-state index >= 15 is 0 Å². The van der Waals surface area contributed by atoms with Crippen LogP contribution in [-0.2, 0) is 22.3 Å². The lowest BCUT2D eigenvalue weighted by Crippen LogP contribution is -2.57. The number of likely N-dealkylation sites (N-methyl/N-ethyl adjacent to an activating group) is 1. The van der Waals surface area contributed by atoms with Crippen molar-refractivity contribution in [3.05, 3.63) is 64.1 Å². The number of halogens is 4. The Bertz CT molecular complexity index is 1520. The molecule has 3 atom stereocenters. The molecule has 218 valence electrons. The molecule has 4 rings (SSSR count). The summed E-state index contributed by atoms with van der Waals surface area (Å²) in [5, 5.41) is 13.3. The number of anilines is 1. The fourth-order valence-corrected chi connectivity index (χ4v) is 4.95. The summed E-state index contributed by atoms with van der Waals surface area (Å²) in [4.78, 5) is 40.3. The van der Waals surface area contributed by atoms with Gasteiger partial charge in [-0.05, 0) is 61.0 Å². The molecule has 13 heteroatoms. The average Bonchev–Trinajstić information content (AvgIpc) is 3.01. The maximum Gasteiger partial charge on any atom is 0.416 e. The second kappa shape index (κ2) is 11.5. The third kappa shape index (κ3) is 6.04. The SMILES string of the molecule is COc1ccc2cc(Br)ccc2c1CN1C(=O)[C@@H](NC(=O)C(C)N(C)C(=O)O)[C@H](C)Oc2ccc(C(F)(F)F)cc21. The molecular weight excluding hydrogens is 611 g/mol. The van der Waals surface area contributed by atoms with Gasteiger partial charge in [0.1, 0.15) is 29.7 Å². The van der Waals surface area contributed by atoms with E-state index in [2.05, 4.69) is 21.2 Å². The van der Waals surface area contributed by atoms with E-state index in [0.717, 1.165) is 37.9 Å². The molecule has 0 aliphatic carbocycles.